The summed E-state index contributed by atoms with van der Waals surface area (Å²) in [6.45, 7) is 1.05. The third kappa shape index (κ3) is 1.85. The Balaban J connectivity index is 2.00. The number of anilines is 1. The lowest BCUT2D eigenvalue weighted by Crippen LogP contribution is -2.16. The highest BCUT2D eigenvalue weighted by molar-refractivity contribution is 5.94. The van der Waals surface area contributed by atoms with Gasteiger partial charge in [-0.05, 0) is 25.0 Å². The number of rotatable bonds is 2. The number of nitrogens with one attached hydrogen (secondary N) is 1. The fourth-order valence-corrected chi connectivity index (χ4v) is 2.66. The summed E-state index contributed by atoms with van der Waals surface area (Å²) >= 11 is 0. The molecule has 0 spiro atoms. The Kier molecular flexibility index (Phi) is 2.63. The molecule has 20 heavy (non-hydrogen) atoms. The molecule has 1 aromatic carbocycles. The first kappa shape index (κ1) is 12.0. The molecule has 4 rings (SSSR count). The predicted octanol–water partition coefficient (Wildman–Crippen LogP) is 3.16. The molecule has 2 aromatic rings. The summed E-state index contributed by atoms with van der Waals surface area (Å²) in [6, 6.07) is 3.19. The van der Waals surface area contributed by atoms with E-state index in [1.807, 2.05) is 0 Å². The lowest BCUT2D eigenvalue weighted by Gasteiger charge is -2.22. The van der Waals surface area contributed by atoms with Gasteiger partial charge in [0.1, 0.15) is 5.52 Å². The molecule has 3 nitrogen and oxygen atoms in total. The maximum Gasteiger partial charge on any atom is 0.185 e. The molecule has 0 radical (unpaired) electrons. The van der Waals surface area contributed by atoms with Gasteiger partial charge in [0, 0.05) is 23.4 Å². The fraction of sp³-hybridized carbons (Fsp3) is 0.400. The van der Waals surface area contributed by atoms with Crippen LogP contribution in [0, 0.1) is 11.6 Å². The number of pyridine rings is 1. The van der Waals surface area contributed by atoms with Gasteiger partial charge in [0.2, 0.25) is 0 Å². The van der Waals surface area contributed by atoms with E-state index in [0.717, 1.165) is 35.9 Å². The van der Waals surface area contributed by atoms with E-state index in [9.17, 15) is 8.78 Å². The molecular formula is C15H14F2N2O. The molecule has 0 atom stereocenters. The zero-order valence-electron chi connectivity index (χ0n) is 10.9. The second kappa shape index (κ2) is 4.38. The lowest BCUT2D eigenvalue weighted by atomic mass is 10.0. The topological polar surface area (TPSA) is 34.2 Å². The van der Waals surface area contributed by atoms with Gasteiger partial charge in [-0.15, -0.1) is 0 Å². The van der Waals surface area contributed by atoms with Crippen LogP contribution in [0.3, 0.4) is 0 Å². The number of fused-ring (bicyclic) bond motifs is 2. The molecule has 104 valence electrons. The van der Waals surface area contributed by atoms with Crippen molar-refractivity contribution < 1.29 is 13.5 Å². The molecule has 1 saturated carbocycles. The number of ether oxygens (including phenoxy) is 1. The summed E-state index contributed by atoms with van der Waals surface area (Å²) in [5.74, 6) is -1.72. The van der Waals surface area contributed by atoms with E-state index in [1.54, 1.807) is 6.07 Å². The molecule has 1 fully saturated rings. The van der Waals surface area contributed by atoms with E-state index in [4.69, 9.17) is 4.74 Å². The third-order valence-corrected chi connectivity index (χ3v) is 3.89. The van der Waals surface area contributed by atoms with E-state index >= 15 is 0 Å². The van der Waals surface area contributed by atoms with E-state index in [0.29, 0.717) is 31.1 Å². The van der Waals surface area contributed by atoms with E-state index in [2.05, 4.69) is 10.3 Å². The molecule has 2 aliphatic rings. The summed E-state index contributed by atoms with van der Waals surface area (Å²) in [4.78, 5) is 4.33. The largest absolute Gasteiger partial charge is 0.381 e. The van der Waals surface area contributed by atoms with Crippen LogP contribution in [-0.4, -0.2) is 17.6 Å². The number of nitrogens with zero attached hydrogens (tertiary/aromatic N) is 1. The van der Waals surface area contributed by atoms with Gasteiger partial charge in [-0.3, -0.25) is 0 Å². The molecule has 1 aliphatic carbocycles. The normalized spacial score (nSPS) is 18.1. The minimum absolute atomic E-state index is 0.119. The quantitative estimate of drug-likeness (QED) is 0.915. The van der Waals surface area contributed by atoms with Gasteiger partial charge < -0.3 is 10.1 Å². The number of aromatic nitrogens is 1. The van der Waals surface area contributed by atoms with Crippen LogP contribution in [0.15, 0.2) is 12.1 Å². The highest BCUT2D eigenvalue weighted by Crippen LogP contribution is 2.36. The van der Waals surface area contributed by atoms with Gasteiger partial charge in [0.15, 0.2) is 11.6 Å². The standard InChI is InChI=1S/C15H14F2N2O/c16-11-4-3-9-14(18-8-1-2-8)10-7-20-6-5-12(10)19-15(9)13(11)17/h3-4,8H,1-2,5-7H2,(H,18,19). The first-order valence-corrected chi connectivity index (χ1v) is 6.88. The Morgan fingerprint density at radius 1 is 1.25 bits per heavy atom. The SMILES string of the molecule is Fc1ccc2c(NC3CC3)c3c(nc2c1F)CCOC3. The van der Waals surface area contributed by atoms with Crippen molar-refractivity contribution >= 4 is 16.6 Å². The van der Waals surface area contributed by atoms with Crippen molar-refractivity contribution in [3.05, 3.63) is 35.0 Å². The van der Waals surface area contributed by atoms with Crippen LogP contribution in [0.5, 0.6) is 0 Å². The van der Waals surface area contributed by atoms with Crippen LogP contribution in [0.4, 0.5) is 14.5 Å². The summed E-state index contributed by atoms with van der Waals surface area (Å²) in [5.41, 5.74) is 2.79. The Morgan fingerprint density at radius 2 is 2.10 bits per heavy atom. The van der Waals surface area contributed by atoms with E-state index in [1.165, 1.54) is 0 Å². The summed E-state index contributed by atoms with van der Waals surface area (Å²) < 4.78 is 32.9. The van der Waals surface area contributed by atoms with Crippen LogP contribution in [0.1, 0.15) is 24.1 Å². The predicted molar refractivity (Wildman–Crippen MR) is 71.7 cm³/mol. The highest BCUT2D eigenvalue weighted by atomic mass is 19.2. The second-order valence-electron chi connectivity index (χ2n) is 5.39. The average molecular weight is 276 g/mol. The lowest BCUT2D eigenvalue weighted by molar-refractivity contribution is 0.110. The van der Waals surface area contributed by atoms with Crippen molar-refractivity contribution in [3.8, 4) is 0 Å². The fourth-order valence-electron chi connectivity index (χ4n) is 2.66. The highest BCUT2D eigenvalue weighted by Gasteiger charge is 2.26. The van der Waals surface area contributed by atoms with Crippen molar-refractivity contribution in [2.24, 2.45) is 0 Å². The molecule has 1 N–H and O–H groups in total. The molecule has 0 unspecified atom stereocenters. The molecule has 2 heterocycles. The van der Waals surface area contributed by atoms with Crippen LogP contribution in [-0.2, 0) is 17.8 Å². The monoisotopic (exact) mass is 276 g/mol. The number of halogens is 2. The summed E-state index contributed by atoms with van der Waals surface area (Å²) in [7, 11) is 0. The number of hydrogen-bond donors (Lipinski definition) is 1. The zero-order chi connectivity index (χ0) is 13.7. The Labute approximate surface area is 115 Å². The Morgan fingerprint density at radius 3 is 2.90 bits per heavy atom. The van der Waals surface area contributed by atoms with Crippen LogP contribution in [0.2, 0.25) is 0 Å². The first-order chi connectivity index (χ1) is 9.74. The summed E-state index contributed by atoms with van der Waals surface area (Å²) in [6.07, 6.45) is 2.87. The smallest absolute Gasteiger partial charge is 0.185 e. The average Bonchev–Trinajstić information content (AvgIpc) is 3.27. The molecule has 5 heteroatoms. The van der Waals surface area contributed by atoms with Gasteiger partial charge in [0.05, 0.1) is 24.6 Å². The summed E-state index contributed by atoms with van der Waals surface area (Å²) in [5, 5.41) is 4.06. The number of hydrogen-bond acceptors (Lipinski definition) is 3. The molecular weight excluding hydrogens is 262 g/mol. The number of benzene rings is 1. The van der Waals surface area contributed by atoms with Crippen LogP contribution < -0.4 is 5.32 Å². The minimum atomic E-state index is -0.865. The first-order valence-electron chi connectivity index (χ1n) is 6.88. The van der Waals surface area contributed by atoms with E-state index < -0.39 is 11.6 Å². The maximum absolute atomic E-state index is 14.0. The molecule has 1 aliphatic heterocycles. The zero-order valence-corrected chi connectivity index (χ0v) is 10.9. The van der Waals surface area contributed by atoms with Crippen molar-refractivity contribution in [2.75, 3.05) is 11.9 Å². The third-order valence-electron chi connectivity index (χ3n) is 3.89. The maximum atomic E-state index is 14.0. The van der Waals surface area contributed by atoms with Gasteiger partial charge in [-0.2, -0.15) is 0 Å². The van der Waals surface area contributed by atoms with Crippen molar-refractivity contribution in [3.63, 3.8) is 0 Å². The van der Waals surface area contributed by atoms with Crippen LogP contribution in [0.25, 0.3) is 10.9 Å². The van der Waals surface area contributed by atoms with Crippen molar-refractivity contribution in [1.82, 2.24) is 4.98 Å². The van der Waals surface area contributed by atoms with E-state index in [-0.39, 0.29) is 5.52 Å². The molecule has 0 bridgehead atoms. The van der Waals surface area contributed by atoms with Gasteiger partial charge in [0.25, 0.3) is 0 Å². The Hall–Kier alpha value is -1.75. The molecule has 0 amide bonds. The van der Waals surface area contributed by atoms with Crippen LogP contribution >= 0.6 is 0 Å². The second-order valence-corrected chi connectivity index (χ2v) is 5.39. The van der Waals surface area contributed by atoms with Crippen molar-refractivity contribution in [1.29, 1.82) is 0 Å². The Bertz CT molecular complexity index is 698. The van der Waals surface area contributed by atoms with Gasteiger partial charge in [-0.25, -0.2) is 13.8 Å². The molecule has 0 saturated heterocycles. The van der Waals surface area contributed by atoms with Gasteiger partial charge >= 0.3 is 0 Å². The van der Waals surface area contributed by atoms with Gasteiger partial charge in [-0.1, -0.05) is 0 Å². The van der Waals surface area contributed by atoms with Crippen molar-refractivity contribution in [2.45, 2.75) is 31.9 Å². The molecule has 1 aromatic heterocycles. The minimum Gasteiger partial charge on any atom is -0.381 e.